The zero-order chi connectivity index (χ0) is 61.6. The van der Waals surface area contributed by atoms with E-state index in [9.17, 15) is 33.6 Å². The lowest BCUT2D eigenvalue weighted by molar-refractivity contribution is -0.145. The van der Waals surface area contributed by atoms with Crippen molar-refractivity contribution < 1.29 is 71.5 Å². The Hall–Kier alpha value is -7.90. The van der Waals surface area contributed by atoms with Crippen molar-refractivity contribution in [3.8, 4) is 34.5 Å². The van der Waals surface area contributed by atoms with Gasteiger partial charge in [-0.1, -0.05) is 69.2 Å². The van der Waals surface area contributed by atoms with Gasteiger partial charge in [0, 0.05) is 30.7 Å². The minimum absolute atomic E-state index is 0.00262. The molecule has 0 atom stereocenters. The molecule has 2 aliphatic carbocycles. The molecule has 1 amide bonds. The Morgan fingerprint density at radius 2 is 0.943 bits per heavy atom. The maximum atomic E-state index is 14.1. The molecule has 7 rings (SSSR count). The lowest BCUT2D eigenvalue weighted by atomic mass is 9.82. The number of para-hydroxylation sites is 1. The average Bonchev–Trinajstić information content (AvgIpc) is 3.07. The third-order valence-corrected chi connectivity index (χ3v) is 16.4. The van der Waals surface area contributed by atoms with Gasteiger partial charge in [0.15, 0.2) is 0 Å². The van der Waals surface area contributed by atoms with Crippen molar-refractivity contribution in [3.05, 3.63) is 122 Å². The molecule has 19 heteroatoms. The highest BCUT2D eigenvalue weighted by molar-refractivity contribution is 7.22. The van der Waals surface area contributed by atoms with Crippen molar-refractivity contribution in [2.45, 2.75) is 155 Å². The number of ether oxygens (including phenoxy) is 8. The molecular weight excluding hydrogens is 1130 g/mol. The van der Waals surface area contributed by atoms with Crippen molar-refractivity contribution in [1.29, 1.82) is 0 Å². The number of benzene rings is 4. The molecule has 0 saturated heterocycles. The summed E-state index contributed by atoms with van der Waals surface area (Å²) < 4.78 is 46.3. The molecule has 0 bridgehead atoms. The predicted octanol–water partition coefficient (Wildman–Crippen LogP) is 13.7. The molecule has 2 saturated carbocycles. The maximum absolute atomic E-state index is 14.1. The molecule has 2 fully saturated rings. The van der Waals surface area contributed by atoms with E-state index in [1.165, 1.54) is 16.3 Å². The van der Waals surface area contributed by atoms with E-state index in [1.54, 1.807) is 66.7 Å². The summed E-state index contributed by atoms with van der Waals surface area (Å²) in [5.74, 6) is -1.89. The van der Waals surface area contributed by atoms with Gasteiger partial charge < -0.3 is 37.9 Å². The Bertz CT molecular complexity index is 3000. The van der Waals surface area contributed by atoms with E-state index >= 15 is 0 Å². The number of nitrogens with zero attached hydrogens (tertiary/aromatic N) is 2. The molecule has 0 unspecified atom stereocenters. The van der Waals surface area contributed by atoms with Crippen molar-refractivity contribution in [1.82, 2.24) is 10.4 Å². The number of thiazole rings is 1. The Morgan fingerprint density at radius 1 is 0.517 bits per heavy atom. The van der Waals surface area contributed by atoms with Crippen LogP contribution >= 0.6 is 11.3 Å². The Kier molecular flexibility index (Phi) is 27.8. The van der Waals surface area contributed by atoms with Gasteiger partial charge in [0.2, 0.25) is 11.0 Å². The van der Waals surface area contributed by atoms with Crippen LogP contribution in [-0.2, 0) is 49.6 Å². The first-order valence-electron chi connectivity index (χ1n) is 30.8. The number of nitrogens with one attached hydrogen (secondary N) is 1. The van der Waals surface area contributed by atoms with Crippen LogP contribution in [0.25, 0.3) is 10.2 Å². The van der Waals surface area contributed by atoms with Gasteiger partial charge in [-0.15, -0.1) is 0 Å². The normalized spacial score (nSPS) is 16.4. The number of aromatic nitrogens is 1. The summed E-state index contributed by atoms with van der Waals surface area (Å²) in [6.07, 6.45) is 17.7. The maximum Gasteiger partial charge on any atom is 0.330 e. The van der Waals surface area contributed by atoms with Gasteiger partial charge in [0.05, 0.1) is 60.3 Å². The summed E-state index contributed by atoms with van der Waals surface area (Å²) in [6, 6.07) is 26.3. The highest BCUT2D eigenvalue weighted by Gasteiger charge is 2.34. The standard InChI is InChI=1S/C68H83N3O15S/c1-4-7-8-9-14-23-61(72)71(68-70-58-21-15-16-22-60(58)87-68)69-47-52-46-57(85-66(77)50-26-24-48(25-27-50)64(75)83-55-36-32-53(33-37-55)79-42-17-10-12-19-44-81-62(73)5-2)40-41-59(52)86-67(78)51-30-28-49(29-31-51)65(76)84-56-38-34-54(35-39-56)80-43-18-11-13-20-45-82-63(74)6-3/h5-6,15-16,21-22,32-41,46,48-51,69H,2-4,7-14,17-20,23-31,42-45,47H2,1H3. The quantitative estimate of drug-likeness (QED) is 0.0129. The van der Waals surface area contributed by atoms with Crippen LogP contribution in [0.3, 0.4) is 0 Å². The molecule has 1 aromatic heterocycles. The van der Waals surface area contributed by atoms with E-state index in [0.717, 1.165) is 99.4 Å². The first-order valence-corrected chi connectivity index (χ1v) is 31.7. The van der Waals surface area contributed by atoms with E-state index in [0.29, 0.717) is 118 Å². The molecule has 466 valence electrons. The zero-order valence-electron chi connectivity index (χ0n) is 50.1. The number of unbranched alkanes of at least 4 members (excludes halogenated alkanes) is 10. The Labute approximate surface area is 514 Å². The van der Waals surface area contributed by atoms with Gasteiger partial charge in [0.1, 0.15) is 34.5 Å². The second kappa shape index (κ2) is 36.3. The second-order valence-corrected chi connectivity index (χ2v) is 23.0. The monoisotopic (exact) mass is 1210 g/mol. The molecule has 2 aliphatic rings. The Balaban J connectivity index is 0.921. The summed E-state index contributed by atoms with van der Waals surface area (Å²) in [5, 5.41) is 1.93. The van der Waals surface area contributed by atoms with Crippen LogP contribution in [0.2, 0.25) is 0 Å². The fourth-order valence-corrected chi connectivity index (χ4v) is 11.3. The SMILES string of the molecule is C=CC(=O)OCCCCCCOc1ccc(OC(=O)C2CCC(C(=O)Oc3ccc(OC(=O)C4CCC(C(=O)Oc5ccc(OCCCCCCOC(=O)C=C)cc5)CC4)c(CNN(C(=O)CCCCCCC)c4nc5ccccc5s4)c3)CC2)cc1. The van der Waals surface area contributed by atoms with Crippen LogP contribution < -0.4 is 38.9 Å². The van der Waals surface area contributed by atoms with Gasteiger partial charge in [-0.05, 0) is 188 Å². The third-order valence-electron chi connectivity index (χ3n) is 15.4. The molecule has 87 heavy (non-hydrogen) atoms. The van der Waals surface area contributed by atoms with Gasteiger partial charge in [-0.25, -0.2) is 25.0 Å². The summed E-state index contributed by atoms with van der Waals surface area (Å²) >= 11 is 1.38. The summed E-state index contributed by atoms with van der Waals surface area (Å²) in [6.45, 7) is 10.7. The van der Waals surface area contributed by atoms with Crippen molar-refractivity contribution in [2.24, 2.45) is 23.7 Å². The number of hydrazine groups is 1. The molecule has 0 spiro atoms. The second-order valence-electron chi connectivity index (χ2n) is 22.0. The van der Waals surface area contributed by atoms with Crippen molar-refractivity contribution in [3.63, 3.8) is 0 Å². The van der Waals surface area contributed by atoms with Gasteiger partial charge >= 0.3 is 35.8 Å². The Morgan fingerprint density at radius 3 is 1.43 bits per heavy atom. The minimum atomic E-state index is -0.499. The number of rotatable bonds is 36. The van der Waals surface area contributed by atoms with Gasteiger partial charge in [0.25, 0.3) is 0 Å². The van der Waals surface area contributed by atoms with Crippen molar-refractivity contribution >= 4 is 68.4 Å². The minimum Gasteiger partial charge on any atom is -0.494 e. The summed E-state index contributed by atoms with van der Waals surface area (Å²) in [5.41, 5.74) is 4.49. The first-order chi connectivity index (χ1) is 42.4. The summed E-state index contributed by atoms with van der Waals surface area (Å²) in [4.78, 5) is 95.7. The topological polar surface area (TPSA) is 221 Å². The molecule has 1 N–H and O–H groups in total. The average molecular weight is 1210 g/mol. The largest absolute Gasteiger partial charge is 0.494 e. The molecule has 5 aromatic rings. The summed E-state index contributed by atoms with van der Waals surface area (Å²) in [7, 11) is 0. The molecule has 0 aliphatic heterocycles. The van der Waals surface area contributed by atoms with Gasteiger partial charge in [-0.3, -0.25) is 24.0 Å². The number of carbonyl (C=O) groups is 7. The number of esters is 6. The van der Waals surface area contributed by atoms with E-state index < -0.39 is 47.5 Å². The third kappa shape index (κ3) is 22.4. The van der Waals surface area contributed by atoms with E-state index in [2.05, 4.69) is 25.5 Å². The highest BCUT2D eigenvalue weighted by Crippen LogP contribution is 2.36. The number of amides is 1. The number of carbonyl (C=O) groups excluding carboxylic acids is 7. The lowest BCUT2D eigenvalue weighted by Gasteiger charge is -2.27. The van der Waals surface area contributed by atoms with Crippen LogP contribution in [0.1, 0.15) is 154 Å². The molecule has 4 aromatic carbocycles. The zero-order valence-corrected chi connectivity index (χ0v) is 50.9. The van der Waals surface area contributed by atoms with Crippen molar-refractivity contribution in [2.75, 3.05) is 31.4 Å². The van der Waals surface area contributed by atoms with E-state index in [-0.39, 0.29) is 42.3 Å². The predicted molar refractivity (Wildman–Crippen MR) is 330 cm³/mol. The van der Waals surface area contributed by atoms with Crippen LogP contribution in [0, 0.1) is 23.7 Å². The fraction of sp³-hybridized carbons (Fsp3) is 0.471. The first kappa shape index (κ1) is 66.6. The number of hydrogen-bond donors (Lipinski definition) is 1. The molecule has 0 radical (unpaired) electrons. The lowest BCUT2D eigenvalue weighted by Crippen LogP contribution is -2.42. The fourth-order valence-electron chi connectivity index (χ4n) is 10.3. The van der Waals surface area contributed by atoms with E-state index in [4.69, 9.17) is 42.9 Å². The number of fused-ring (bicyclic) bond motifs is 1. The number of anilines is 1. The van der Waals surface area contributed by atoms with Crippen LogP contribution in [0.4, 0.5) is 5.13 Å². The van der Waals surface area contributed by atoms with Crippen LogP contribution in [0.15, 0.2) is 116 Å². The smallest absolute Gasteiger partial charge is 0.330 e. The van der Waals surface area contributed by atoms with E-state index in [1.807, 2.05) is 24.3 Å². The molecule has 18 nitrogen and oxygen atoms in total. The van der Waals surface area contributed by atoms with Crippen LogP contribution in [-0.4, -0.2) is 73.1 Å². The number of hydrogen-bond acceptors (Lipinski definition) is 18. The highest BCUT2D eigenvalue weighted by atomic mass is 32.1. The molecule has 1 heterocycles. The van der Waals surface area contributed by atoms with Crippen LogP contribution in [0.5, 0.6) is 34.5 Å². The van der Waals surface area contributed by atoms with Gasteiger partial charge in [-0.2, -0.15) is 0 Å². The molecular formula is C68H83N3O15S.